The molecule has 6 heteroatoms. The molecule has 0 bridgehead atoms. The first kappa shape index (κ1) is 9.79. The van der Waals surface area contributed by atoms with Gasteiger partial charge in [0.1, 0.15) is 11.3 Å². The van der Waals surface area contributed by atoms with Crippen molar-refractivity contribution in [2.24, 2.45) is 5.73 Å². The molecule has 0 radical (unpaired) electrons. The van der Waals surface area contributed by atoms with Crippen LogP contribution in [0.25, 0.3) is 0 Å². The molecule has 0 aliphatic rings. The first-order valence-electron chi connectivity index (χ1n) is 3.72. The zero-order valence-corrected chi connectivity index (χ0v) is 7.87. The summed E-state index contributed by atoms with van der Waals surface area (Å²) in [5.74, 6) is -0.579. The van der Waals surface area contributed by atoms with Crippen molar-refractivity contribution in [1.82, 2.24) is 10.2 Å². The zero-order chi connectivity index (χ0) is 9.84. The number of hydrogen-bond donors (Lipinski definition) is 1. The Bertz CT molecular complexity index is 323. The van der Waals surface area contributed by atoms with Crippen molar-refractivity contribution < 1.29 is 9.59 Å². The van der Waals surface area contributed by atoms with E-state index in [1.54, 1.807) is 0 Å². The first-order chi connectivity index (χ1) is 6.15. The molecule has 1 unspecified atom stereocenters. The number of carbonyl (C=O) groups is 2. The highest BCUT2D eigenvalue weighted by Gasteiger charge is 2.13. The lowest BCUT2D eigenvalue weighted by Crippen LogP contribution is -2.10. The van der Waals surface area contributed by atoms with Crippen LogP contribution >= 0.6 is 11.3 Å². The van der Waals surface area contributed by atoms with Gasteiger partial charge in [0.05, 0.1) is 0 Å². The van der Waals surface area contributed by atoms with Gasteiger partial charge in [-0.1, -0.05) is 18.3 Å². The van der Waals surface area contributed by atoms with Crippen LogP contribution in [0.1, 0.15) is 34.1 Å². The van der Waals surface area contributed by atoms with Gasteiger partial charge in [-0.05, 0) is 0 Å². The smallest absolute Gasteiger partial charge is 0.279 e. The summed E-state index contributed by atoms with van der Waals surface area (Å²) in [6.45, 7) is 1.85. The van der Waals surface area contributed by atoms with E-state index in [0.29, 0.717) is 11.4 Å². The van der Waals surface area contributed by atoms with Crippen molar-refractivity contribution in [3.05, 3.63) is 10.0 Å². The van der Waals surface area contributed by atoms with Crippen molar-refractivity contribution >= 4 is 23.5 Å². The minimum Gasteiger partial charge on any atom is -0.363 e. The molecule has 13 heavy (non-hydrogen) atoms. The average Bonchev–Trinajstić information content (AvgIpc) is 2.52. The Morgan fingerprint density at radius 2 is 2.38 bits per heavy atom. The van der Waals surface area contributed by atoms with Gasteiger partial charge in [-0.15, -0.1) is 10.2 Å². The van der Waals surface area contributed by atoms with Crippen LogP contribution in [0.3, 0.4) is 0 Å². The third-order valence-corrected chi connectivity index (χ3v) is 2.69. The molecular formula is C7H9N3O2S. The van der Waals surface area contributed by atoms with Crippen molar-refractivity contribution in [3.8, 4) is 0 Å². The predicted octanol–water partition coefficient (Wildman–Crippen LogP) is 0.330. The molecule has 0 saturated heterocycles. The van der Waals surface area contributed by atoms with Gasteiger partial charge in [-0.3, -0.25) is 4.79 Å². The molecule has 1 aromatic heterocycles. The number of nitrogens with zero attached hydrogens (tertiary/aromatic N) is 2. The average molecular weight is 199 g/mol. The van der Waals surface area contributed by atoms with Gasteiger partial charge in [-0.25, -0.2) is 0 Å². The van der Waals surface area contributed by atoms with Crippen LogP contribution in [0, 0.1) is 0 Å². The molecule has 0 aliphatic heterocycles. The molecule has 0 aromatic carbocycles. The number of carbonyl (C=O) groups excluding carboxylic acids is 2. The number of hydrogen-bond acceptors (Lipinski definition) is 5. The lowest BCUT2D eigenvalue weighted by atomic mass is 10.1. The Labute approximate surface area is 79.0 Å². The van der Waals surface area contributed by atoms with Crippen LogP contribution in [0.5, 0.6) is 0 Å². The molecule has 5 nitrogen and oxygen atoms in total. The molecule has 1 atom stereocenters. The van der Waals surface area contributed by atoms with Crippen molar-refractivity contribution in [2.45, 2.75) is 19.3 Å². The minimum atomic E-state index is -0.581. The molecule has 0 spiro atoms. The van der Waals surface area contributed by atoms with Crippen molar-refractivity contribution in [2.75, 3.05) is 0 Å². The number of rotatable bonds is 4. The molecule has 1 aromatic rings. The summed E-state index contributed by atoms with van der Waals surface area (Å²) in [4.78, 5) is 20.8. The van der Waals surface area contributed by atoms with E-state index in [2.05, 4.69) is 10.2 Å². The van der Waals surface area contributed by atoms with E-state index in [1.807, 2.05) is 6.92 Å². The van der Waals surface area contributed by atoms with Crippen LogP contribution in [-0.4, -0.2) is 22.4 Å². The van der Waals surface area contributed by atoms with Crippen molar-refractivity contribution in [3.63, 3.8) is 0 Å². The Morgan fingerprint density at radius 3 is 2.85 bits per heavy atom. The number of amides is 1. The third-order valence-electron chi connectivity index (χ3n) is 1.52. The lowest BCUT2D eigenvalue weighted by molar-refractivity contribution is -0.108. The highest BCUT2D eigenvalue weighted by atomic mass is 32.1. The summed E-state index contributed by atoms with van der Waals surface area (Å²) in [7, 11) is 0. The summed E-state index contributed by atoms with van der Waals surface area (Å²) >= 11 is 1.13. The Kier molecular flexibility index (Phi) is 3.07. The maximum atomic E-state index is 10.7. The van der Waals surface area contributed by atoms with Gasteiger partial charge in [0, 0.05) is 12.3 Å². The first-order valence-corrected chi connectivity index (χ1v) is 4.53. The SMILES string of the molecule is CC(CC=O)c1nnc(C(N)=O)s1. The number of aromatic nitrogens is 2. The van der Waals surface area contributed by atoms with Crippen LogP contribution in [0.4, 0.5) is 0 Å². The Hall–Kier alpha value is -1.30. The summed E-state index contributed by atoms with van der Waals surface area (Å²) < 4.78 is 0. The fourth-order valence-corrected chi connectivity index (χ4v) is 1.54. The fourth-order valence-electron chi connectivity index (χ4n) is 0.778. The Balaban J connectivity index is 2.78. The monoisotopic (exact) mass is 199 g/mol. The second kappa shape index (κ2) is 4.08. The van der Waals surface area contributed by atoms with Crippen LogP contribution < -0.4 is 5.73 Å². The van der Waals surface area contributed by atoms with Gasteiger partial charge in [0.2, 0.25) is 5.01 Å². The Morgan fingerprint density at radius 1 is 1.69 bits per heavy atom. The fraction of sp³-hybridized carbons (Fsp3) is 0.429. The molecule has 2 N–H and O–H groups in total. The van der Waals surface area contributed by atoms with Crippen LogP contribution in [0.2, 0.25) is 0 Å². The molecule has 0 aliphatic carbocycles. The topological polar surface area (TPSA) is 85.9 Å². The molecule has 0 fully saturated rings. The standard InChI is InChI=1S/C7H9N3O2S/c1-4(2-3-11)6-9-10-7(13-6)5(8)12/h3-4H,2H2,1H3,(H2,8,12). The minimum absolute atomic E-state index is 0.00287. The quantitative estimate of drug-likeness (QED) is 0.708. The number of primary amides is 1. The largest absolute Gasteiger partial charge is 0.363 e. The van der Waals surface area contributed by atoms with Crippen LogP contribution in [0.15, 0.2) is 0 Å². The maximum absolute atomic E-state index is 10.7. The normalized spacial score (nSPS) is 12.4. The zero-order valence-electron chi connectivity index (χ0n) is 7.06. The third kappa shape index (κ3) is 2.32. The van der Waals surface area contributed by atoms with Crippen molar-refractivity contribution in [1.29, 1.82) is 0 Å². The highest BCUT2D eigenvalue weighted by molar-refractivity contribution is 7.13. The van der Waals surface area contributed by atoms with Gasteiger partial charge < -0.3 is 10.5 Å². The van der Waals surface area contributed by atoms with E-state index < -0.39 is 5.91 Å². The second-order valence-electron chi connectivity index (χ2n) is 2.61. The second-order valence-corrected chi connectivity index (χ2v) is 3.62. The molecule has 1 amide bonds. The van der Waals surface area contributed by atoms with E-state index in [4.69, 9.17) is 5.73 Å². The predicted molar refractivity (Wildman–Crippen MR) is 47.5 cm³/mol. The van der Waals surface area contributed by atoms with Crippen LogP contribution in [-0.2, 0) is 4.79 Å². The van der Waals surface area contributed by atoms with E-state index >= 15 is 0 Å². The van der Waals surface area contributed by atoms with Gasteiger partial charge in [-0.2, -0.15) is 0 Å². The molecule has 0 saturated carbocycles. The summed E-state index contributed by atoms with van der Waals surface area (Å²) in [5.41, 5.74) is 5.00. The van der Waals surface area contributed by atoms with E-state index in [0.717, 1.165) is 17.6 Å². The molecule has 1 heterocycles. The van der Waals surface area contributed by atoms with Gasteiger partial charge in [0.25, 0.3) is 5.91 Å². The van der Waals surface area contributed by atoms with E-state index in [9.17, 15) is 9.59 Å². The van der Waals surface area contributed by atoms with E-state index in [-0.39, 0.29) is 10.9 Å². The van der Waals surface area contributed by atoms with Gasteiger partial charge in [0.15, 0.2) is 0 Å². The summed E-state index contributed by atoms with van der Waals surface area (Å²) in [5, 5.41) is 8.22. The number of nitrogens with two attached hydrogens (primary N) is 1. The summed E-state index contributed by atoms with van der Waals surface area (Å²) in [6, 6.07) is 0. The molecule has 70 valence electrons. The summed E-state index contributed by atoms with van der Waals surface area (Å²) in [6.07, 6.45) is 1.20. The maximum Gasteiger partial charge on any atom is 0.279 e. The highest BCUT2D eigenvalue weighted by Crippen LogP contribution is 2.21. The number of aldehydes is 1. The molecule has 1 rings (SSSR count). The van der Waals surface area contributed by atoms with E-state index in [1.165, 1.54) is 0 Å². The lowest BCUT2D eigenvalue weighted by Gasteiger charge is -1.98. The van der Waals surface area contributed by atoms with Gasteiger partial charge >= 0.3 is 0 Å². The molecular weight excluding hydrogens is 190 g/mol.